The van der Waals surface area contributed by atoms with E-state index in [1.165, 1.54) is 17.0 Å². The Labute approximate surface area is 211 Å². The van der Waals surface area contributed by atoms with E-state index in [1.807, 2.05) is 13.0 Å². The topological polar surface area (TPSA) is 99.5 Å². The zero-order valence-corrected chi connectivity index (χ0v) is 21.1. The molecule has 2 heterocycles. The van der Waals surface area contributed by atoms with Crippen molar-refractivity contribution in [3.05, 3.63) is 64.7 Å². The van der Waals surface area contributed by atoms with Crippen molar-refractivity contribution in [2.24, 2.45) is 5.92 Å². The molecule has 0 unspecified atom stereocenters. The minimum absolute atomic E-state index is 0.0478. The summed E-state index contributed by atoms with van der Waals surface area (Å²) in [5.74, 6) is -0.439. The van der Waals surface area contributed by atoms with Crippen LogP contribution >= 0.6 is 0 Å². The van der Waals surface area contributed by atoms with Crippen LogP contribution in [-0.4, -0.2) is 77.7 Å². The number of phenolic OH excluding ortho intramolecular Hbond substituents is 1. The molecule has 2 aromatic carbocycles. The summed E-state index contributed by atoms with van der Waals surface area (Å²) in [6.07, 6.45) is 0. The molecule has 0 aromatic heterocycles. The Morgan fingerprint density at radius 3 is 2.42 bits per heavy atom. The fourth-order valence-electron chi connectivity index (χ4n) is 4.59. The van der Waals surface area contributed by atoms with Crippen molar-refractivity contribution in [3.63, 3.8) is 0 Å². The van der Waals surface area contributed by atoms with E-state index in [9.17, 15) is 19.8 Å². The number of likely N-dealkylation sites (tertiary alicyclic amines) is 1. The summed E-state index contributed by atoms with van der Waals surface area (Å²) < 4.78 is 11.2. The van der Waals surface area contributed by atoms with Crippen LogP contribution in [0, 0.1) is 12.8 Å². The van der Waals surface area contributed by atoms with Crippen LogP contribution in [-0.2, 0) is 14.3 Å². The number of ketones is 1. The van der Waals surface area contributed by atoms with E-state index in [4.69, 9.17) is 9.47 Å². The van der Waals surface area contributed by atoms with Gasteiger partial charge >= 0.3 is 0 Å². The fourth-order valence-corrected chi connectivity index (χ4v) is 4.59. The molecule has 1 atom stereocenters. The van der Waals surface area contributed by atoms with Crippen molar-refractivity contribution in [1.29, 1.82) is 0 Å². The van der Waals surface area contributed by atoms with Crippen LogP contribution in [0.4, 0.5) is 0 Å². The number of hydrogen-bond acceptors (Lipinski definition) is 7. The van der Waals surface area contributed by atoms with Gasteiger partial charge in [-0.25, -0.2) is 0 Å². The molecule has 8 heteroatoms. The molecule has 2 aliphatic heterocycles. The van der Waals surface area contributed by atoms with Crippen molar-refractivity contribution in [2.75, 3.05) is 46.0 Å². The van der Waals surface area contributed by atoms with E-state index in [1.54, 1.807) is 24.3 Å². The summed E-state index contributed by atoms with van der Waals surface area (Å²) in [4.78, 5) is 30.2. The van der Waals surface area contributed by atoms with Crippen LogP contribution < -0.4 is 4.74 Å². The molecule has 2 N–H and O–H groups in total. The Morgan fingerprint density at radius 2 is 1.78 bits per heavy atom. The summed E-state index contributed by atoms with van der Waals surface area (Å²) in [7, 11) is 0. The van der Waals surface area contributed by atoms with E-state index in [0.717, 1.165) is 18.7 Å². The number of amides is 1. The zero-order valence-electron chi connectivity index (χ0n) is 21.1. The van der Waals surface area contributed by atoms with Crippen LogP contribution in [0.5, 0.6) is 11.5 Å². The van der Waals surface area contributed by atoms with Crippen LogP contribution in [0.15, 0.2) is 48.0 Å². The van der Waals surface area contributed by atoms with E-state index in [2.05, 4.69) is 18.7 Å². The number of rotatable bonds is 8. The van der Waals surface area contributed by atoms with Gasteiger partial charge in [-0.3, -0.25) is 14.5 Å². The van der Waals surface area contributed by atoms with E-state index in [-0.39, 0.29) is 17.1 Å². The number of aliphatic hydroxyl groups excluding tert-OH is 1. The Morgan fingerprint density at radius 1 is 1.08 bits per heavy atom. The van der Waals surface area contributed by atoms with E-state index >= 15 is 0 Å². The molecule has 2 saturated heterocycles. The van der Waals surface area contributed by atoms with Gasteiger partial charge in [-0.2, -0.15) is 0 Å². The number of aromatic hydroxyl groups is 1. The second-order valence-corrected chi connectivity index (χ2v) is 9.72. The molecule has 2 aromatic rings. The summed E-state index contributed by atoms with van der Waals surface area (Å²) in [6.45, 7) is 10.2. The average molecular weight is 495 g/mol. The highest BCUT2D eigenvalue weighted by molar-refractivity contribution is 6.46. The molecule has 0 radical (unpaired) electrons. The van der Waals surface area contributed by atoms with Gasteiger partial charge in [-0.15, -0.1) is 0 Å². The summed E-state index contributed by atoms with van der Waals surface area (Å²) >= 11 is 0. The third-order valence-corrected chi connectivity index (χ3v) is 6.55. The fraction of sp³-hybridized carbons (Fsp3) is 0.429. The van der Waals surface area contributed by atoms with Gasteiger partial charge in [0, 0.05) is 31.7 Å². The predicted octanol–water partition coefficient (Wildman–Crippen LogP) is 3.49. The molecule has 2 aliphatic rings. The molecule has 2 fully saturated rings. The standard InChI is InChI=1S/C28H34N2O6/c1-18(2)17-36-22-8-9-23(19(3)16-22)26(32)24-25(20-4-6-21(31)7-5-20)30(28(34)27(24)33)11-10-29-12-14-35-15-13-29/h4-9,16,18,25,31-32H,10-15,17H2,1-3H3/b26-24+/t25-/m1/s1. The van der Waals surface area contributed by atoms with Crippen molar-refractivity contribution >= 4 is 17.4 Å². The first-order valence-corrected chi connectivity index (χ1v) is 12.4. The smallest absolute Gasteiger partial charge is 0.295 e. The lowest BCUT2D eigenvalue weighted by Crippen LogP contribution is -2.42. The number of phenols is 1. The van der Waals surface area contributed by atoms with Gasteiger partial charge in [0.1, 0.15) is 17.3 Å². The van der Waals surface area contributed by atoms with Gasteiger partial charge in [0.25, 0.3) is 11.7 Å². The highest BCUT2D eigenvalue weighted by Gasteiger charge is 2.46. The normalized spacial score (nSPS) is 20.3. The van der Waals surface area contributed by atoms with Gasteiger partial charge < -0.3 is 24.6 Å². The Balaban J connectivity index is 1.70. The highest BCUT2D eigenvalue weighted by Crippen LogP contribution is 2.40. The van der Waals surface area contributed by atoms with Crippen molar-refractivity contribution in [1.82, 2.24) is 9.80 Å². The van der Waals surface area contributed by atoms with Gasteiger partial charge in [0.05, 0.1) is 31.4 Å². The number of hydrogen-bond donors (Lipinski definition) is 2. The quantitative estimate of drug-likeness (QED) is 0.329. The highest BCUT2D eigenvalue weighted by atomic mass is 16.5. The lowest BCUT2D eigenvalue weighted by atomic mass is 9.94. The molecule has 36 heavy (non-hydrogen) atoms. The third kappa shape index (κ3) is 5.55. The Hall–Kier alpha value is -3.36. The first-order valence-electron chi connectivity index (χ1n) is 12.4. The van der Waals surface area contributed by atoms with Gasteiger partial charge in [-0.05, 0) is 54.3 Å². The second-order valence-electron chi connectivity index (χ2n) is 9.72. The maximum atomic E-state index is 13.3. The maximum Gasteiger partial charge on any atom is 0.295 e. The molecule has 0 aliphatic carbocycles. The molecule has 8 nitrogen and oxygen atoms in total. The molecule has 192 valence electrons. The predicted molar refractivity (Wildman–Crippen MR) is 136 cm³/mol. The number of aliphatic hydroxyl groups is 1. The van der Waals surface area contributed by atoms with Crippen molar-refractivity contribution < 1.29 is 29.3 Å². The number of aryl methyl sites for hydroxylation is 1. The van der Waals surface area contributed by atoms with E-state index < -0.39 is 17.7 Å². The molecule has 4 rings (SSSR count). The van der Waals surface area contributed by atoms with Gasteiger partial charge in [0.2, 0.25) is 0 Å². The summed E-state index contributed by atoms with van der Waals surface area (Å²) in [5, 5.41) is 21.2. The van der Waals surface area contributed by atoms with Crippen molar-refractivity contribution in [3.8, 4) is 11.5 Å². The lowest BCUT2D eigenvalue weighted by molar-refractivity contribution is -0.140. The van der Waals surface area contributed by atoms with Crippen LogP contribution in [0.1, 0.15) is 36.6 Å². The van der Waals surface area contributed by atoms with Crippen LogP contribution in [0.2, 0.25) is 0 Å². The number of carbonyl (C=O) groups is 2. The number of ether oxygens (including phenoxy) is 2. The molecule has 0 spiro atoms. The minimum Gasteiger partial charge on any atom is -0.508 e. The van der Waals surface area contributed by atoms with Gasteiger partial charge in [0.15, 0.2) is 0 Å². The largest absolute Gasteiger partial charge is 0.508 e. The maximum absolute atomic E-state index is 13.3. The van der Waals surface area contributed by atoms with Gasteiger partial charge in [-0.1, -0.05) is 26.0 Å². The SMILES string of the molecule is Cc1cc(OCC(C)C)ccc1/C(O)=C1\C(=O)C(=O)N(CCN2CCOCC2)[C@@H]1c1ccc(O)cc1. The third-order valence-electron chi connectivity index (χ3n) is 6.55. The van der Waals surface area contributed by atoms with Crippen LogP contribution in [0.3, 0.4) is 0 Å². The molecule has 1 amide bonds. The van der Waals surface area contributed by atoms with Crippen molar-refractivity contribution in [2.45, 2.75) is 26.8 Å². The summed E-state index contributed by atoms with van der Waals surface area (Å²) in [6, 6.07) is 10.9. The minimum atomic E-state index is -0.761. The lowest BCUT2D eigenvalue weighted by Gasteiger charge is -2.31. The molecular weight excluding hydrogens is 460 g/mol. The Bertz CT molecular complexity index is 1140. The molecule has 0 saturated carbocycles. The number of benzene rings is 2. The number of carbonyl (C=O) groups excluding carboxylic acids is 2. The average Bonchev–Trinajstić information content (AvgIpc) is 3.12. The number of morpholine rings is 1. The first-order chi connectivity index (χ1) is 17.3. The molecule has 0 bridgehead atoms. The first kappa shape index (κ1) is 25.7. The number of nitrogens with zero attached hydrogens (tertiary/aromatic N) is 2. The number of Topliss-reactive ketones (excluding diaryl/α,β-unsaturated/α-hetero) is 1. The summed E-state index contributed by atoms with van der Waals surface area (Å²) in [5.41, 5.74) is 1.90. The molecular formula is C28H34N2O6. The Kier molecular flexibility index (Phi) is 7.96. The zero-order chi connectivity index (χ0) is 25.8. The van der Waals surface area contributed by atoms with E-state index in [0.29, 0.717) is 55.7 Å². The second kappa shape index (κ2) is 11.1. The van der Waals surface area contributed by atoms with Crippen LogP contribution in [0.25, 0.3) is 5.76 Å². The monoisotopic (exact) mass is 494 g/mol.